The second kappa shape index (κ2) is 4.78. The van der Waals surface area contributed by atoms with Crippen molar-refractivity contribution in [2.75, 3.05) is 13.1 Å². The molecule has 4 heteroatoms. The molecule has 4 nitrogen and oxygen atoms in total. The van der Waals surface area contributed by atoms with Gasteiger partial charge in [-0.2, -0.15) is 0 Å². The van der Waals surface area contributed by atoms with Crippen LogP contribution in [-0.2, 0) is 11.2 Å². The number of carbonyl (C=O) groups excluding carboxylic acids is 1. The van der Waals surface area contributed by atoms with E-state index in [1.54, 1.807) is 13.2 Å². The van der Waals surface area contributed by atoms with Crippen molar-refractivity contribution in [3.63, 3.8) is 0 Å². The van der Waals surface area contributed by atoms with Crippen LogP contribution in [0.3, 0.4) is 0 Å². The van der Waals surface area contributed by atoms with E-state index >= 15 is 0 Å². The molecule has 0 bridgehead atoms. The van der Waals surface area contributed by atoms with Gasteiger partial charge in [-0.25, -0.2) is 4.98 Å². The average molecular weight is 222 g/mol. The number of aromatic nitrogens is 1. The third-order valence-electron chi connectivity index (χ3n) is 3.05. The van der Waals surface area contributed by atoms with Crippen molar-refractivity contribution in [2.24, 2.45) is 0 Å². The van der Waals surface area contributed by atoms with Gasteiger partial charge < -0.3 is 4.42 Å². The molecule has 1 fully saturated rings. The van der Waals surface area contributed by atoms with Crippen LogP contribution in [0.4, 0.5) is 0 Å². The Balaban J connectivity index is 2.09. The number of nitrogens with zero attached hydrogens (tertiary/aromatic N) is 2. The first kappa shape index (κ1) is 11.3. The number of carbonyl (C=O) groups is 1. The molecule has 1 atom stereocenters. The summed E-state index contributed by atoms with van der Waals surface area (Å²) in [5.74, 6) is 0.897. The van der Waals surface area contributed by atoms with Gasteiger partial charge >= 0.3 is 0 Å². The lowest BCUT2D eigenvalue weighted by Crippen LogP contribution is -2.22. The fourth-order valence-electron chi connectivity index (χ4n) is 2.30. The van der Waals surface area contributed by atoms with Crippen molar-refractivity contribution in [1.82, 2.24) is 9.88 Å². The van der Waals surface area contributed by atoms with E-state index in [-0.39, 0.29) is 5.78 Å². The fourth-order valence-corrected chi connectivity index (χ4v) is 2.30. The van der Waals surface area contributed by atoms with Gasteiger partial charge in [0.05, 0.1) is 18.2 Å². The highest BCUT2D eigenvalue weighted by Crippen LogP contribution is 2.30. The standard InChI is InChI=1S/C12H18N2O2/c1-3-14-6-4-5-11(14)12-13-10(8-16-12)7-9(2)15/h8,11H,3-7H2,1-2H3. The summed E-state index contributed by atoms with van der Waals surface area (Å²) in [6.45, 7) is 5.86. The maximum Gasteiger partial charge on any atom is 0.211 e. The molecule has 0 spiro atoms. The molecule has 1 unspecified atom stereocenters. The van der Waals surface area contributed by atoms with Crippen molar-refractivity contribution >= 4 is 5.78 Å². The van der Waals surface area contributed by atoms with Gasteiger partial charge in [-0.1, -0.05) is 6.92 Å². The largest absolute Gasteiger partial charge is 0.447 e. The first-order valence-corrected chi connectivity index (χ1v) is 5.88. The quantitative estimate of drug-likeness (QED) is 0.781. The van der Waals surface area contributed by atoms with Crippen LogP contribution in [0.1, 0.15) is 44.3 Å². The number of oxazole rings is 1. The molecular formula is C12H18N2O2. The van der Waals surface area contributed by atoms with Gasteiger partial charge in [-0.3, -0.25) is 9.69 Å². The molecule has 1 aliphatic rings. The first-order chi connectivity index (χ1) is 7.70. The minimum Gasteiger partial charge on any atom is -0.447 e. The van der Waals surface area contributed by atoms with Crippen LogP contribution in [0.15, 0.2) is 10.7 Å². The van der Waals surface area contributed by atoms with E-state index in [1.165, 1.54) is 6.42 Å². The third kappa shape index (κ3) is 2.32. The van der Waals surface area contributed by atoms with E-state index in [9.17, 15) is 4.79 Å². The zero-order valence-electron chi connectivity index (χ0n) is 9.90. The highest BCUT2D eigenvalue weighted by atomic mass is 16.3. The first-order valence-electron chi connectivity index (χ1n) is 5.88. The summed E-state index contributed by atoms with van der Waals surface area (Å²) in [6.07, 6.45) is 4.29. The second-order valence-electron chi connectivity index (χ2n) is 4.34. The summed E-state index contributed by atoms with van der Waals surface area (Å²) in [4.78, 5) is 17.7. The zero-order valence-corrected chi connectivity index (χ0v) is 9.90. The van der Waals surface area contributed by atoms with Crippen LogP contribution in [0, 0.1) is 0 Å². The van der Waals surface area contributed by atoms with E-state index in [4.69, 9.17) is 4.42 Å². The third-order valence-corrected chi connectivity index (χ3v) is 3.05. The lowest BCUT2D eigenvalue weighted by molar-refractivity contribution is -0.116. The minimum atomic E-state index is 0.124. The summed E-state index contributed by atoms with van der Waals surface area (Å²) in [5, 5.41) is 0. The molecule has 0 radical (unpaired) electrons. The van der Waals surface area contributed by atoms with Gasteiger partial charge in [-0.15, -0.1) is 0 Å². The summed E-state index contributed by atoms with van der Waals surface area (Å²) < 4.78 is 5.48. The van der Waals surface area contributed by atoms with Crippen LogP contribution < -0.4 is 0 Å². The summed E-state index contributed by atoms with van der Waals surface area (Å²) >= 11 is 0. The lowest BCUT2D eigenvalue weighted by Gasteiger charge is -2.19. The Kier molecular flexibility index (Phi) is 3.39. The Morgan fingerprint density at radius 1 is 1.69 bits per heavy atom. The molecule has 0 N–H and O–H groups in total. The second-order valence-corrected chi connectivity index (χ2v) is 4.34. The molecule has 0 amide bonds. The van der Waals surface area contributed by atoms with Gasteiger partial charge in [0.15, 0.2) is 0 Å². The SMILES string of the molecule is CCN1CCCC1c1nc(CC(C)=O)co1. The molecule has 0 saturated carbocycles. The van der Waals surface area contributed by atoms with Crippen molar-refractivity contribution in [3.05, 3.63) is 17.8 Å². The number of hydrogen-bond acceptors (Lipinski definition) is 4. The van der Waals surface area contributed by atoms with Crippen LogP contribution in [0.2, 0.25) is 0 Å². The molecule has 1 aliphatic heterocycles. The Bertz CT molecular complexity index is 373. The summed E-state index contributed by atoms with van der Waals surface area (Å²) in [6, 6.07) is 0.311. The minimum absolute atomic E-state index is 0.124. The number of ketones is 1. The van der Waals surface area contributed by atoms with Crippen LogP contribution in [0.25, 0.3) is 0 Å². The molecule has 2 rings (SSSR count). The molecule has 16 heavy (non-hydrogen) atoms. The van der Waals surface area contributed by atoms with E-state index in [0.29, 0.717) is 12.5 Å². The molecule has 0 aromatic carbocycles. The normalized spacial score (nSPS) is 21.5. The van der Waals surface area contributed by atoms with Crippen LogP contribution in [-0.4, -0.2) is 28.8 Å². The molecule has 1 aromatic heterocycles. The maximum absolute atomic E-state index is 11.0. The molecular weight excluding hydrogens is 204 g/mol. The van der Waals surface area contributed by atoms with Gasteiger partial charge in [0, 0.05) is 0 Å². The monoisotopic (exact) mass is 222 g/mol. The van der Waals surface area contributed by atoms with Crippen LogP contribution in [0.5, 0.6) is 0 Å². The Morgan fingerprint density at radius 2 is 2.50 bits per heavy atom. The van der Waals surface area contributed by atoms with Gasteiger partial charge in [-0.05, 0) is 32.9 Å². The number of Topliss-reactive ketones (excluding diaryl/α,β-unsaturated/α-hetero) is 1. The highest BCUT2D eigenvalue weighted by molar-refractivity contribution is 5.77. The van der Waals surface area contributed by atoms with Gasteiger partial charge in [0.1, 0.15) is 12.0 Å². The van der Waals surface area contributed by atoms with Gasteiger partial charge in [0.2, 0.25) is 5.89 Å². The Morgan fingerprint density at radius 3 is 3.19 bits per heavy atom. The van der Waals surface area contributed by atoms with E-state index in [2.05, 4.69) is 16.8 Å². The molecule has 1 aromatic rings. The van der Waals surface area contributed by atoms with E-state index < -0.39 is 0 Å². The van der Waals surface area contributed by atoms with E-state index in [1.807, 2.05) is 0 Å². The highest BCUT2D eigenvalue weighted by Gasteiger charge is 2.28. The lowest BCUT2D eigenvalue weighted by atomic mass is 10.2. The zero-order chi connectivity index (χ0) is 11.5. The van der Waals surface area contributed by atoms with Crippen molar-refractivity contribution < 1.29 is 9.21 Å². The predicted molar refractivity (Wildman–Crippen MR) is 60.1 cm³/mol. The van der Waals surface area contributed by atoms with E-state index in [0.717, 1.165) is 31.1 Å². The fraction of sp³-hybridized carbons (Fsp3) is 0.667. The maximum atomic E-state index is 11.0. The van der Waals surface area contributed by atoms with Crippen molar-refractivity contribution in [3.8, 4) is 0 Å². The number of likely N-dealkylation sites (tertiary alicyclic amines) is 1. The molecule has 0 aliphatic carbocycles. The predicted octanol–water partition coefficient (Wildman–Crippen LogP) is 1.96. The average Bonchev–Trinajstić information content (AvgIpc) is 2.83. The summed E-state index contributed by atoms with van der Waals surface area (Å²) in [7, 11) is 0. The smallest absolute Gasteiger partial charge is 0.211 e. The molecule has 1 saturated heterocycles. The van der Waals surface area contributed by atoms with Crippen molar-refractivity contribution in [1.29, 1.82) is 0 Å². The van der Waals surface area contributed by atoms with Crippen LogP contribution >= 0.6 is 0 Å². The molecule has 88 valence electrons. The van der Waals surface area contributed by atoms with Gasteiger partial charge in [0.25, 0.3) is 0 Å². The summed E-state index contributed by atoms with van der Waals surface area (Å²) in [5.41, 5.74) is 0.755. The number of hydrogen-bond donors (Lipinski definition) is 0. The Labute approximate surface area is 95.6 Å². The van der Waals surface area contributed by atoms with Crippen molar-refractivity contribution in [2.45, 2.75) is 39.2 Å². The number of rotatable bonds is 4. The molecule has 2 heterocycles. The Hall–Kier alpha value is -1.16. The topological polar surface area (TPSA) is 46.3 Å².